The van der Waals surface area contributed by atoms with E-state index in [1.807, 2.05) is 0 Å². The van der Waals surface area contributed by atoms with Crippen molar-refractivity contribution in [2.45, 2.75) is 0 Å². The standard InChI is InChI=1S/C12H5Cl3N4OS/c13-5-1-2-16-8(3-5)12(20)17-9-6(14)4-7(15)10-11(9)19-21-18-10/h1-4H,(H,17,20). The van der Waals surface area contributed by atoms with E-state index in [4.69, 9.17) is 34.8 Å². The Morgan fingerprint density at radius 2 is 1.86 bits per heavy atom. The van der Waals surface area contributed by atoms with Gasteiger partial charge >= 0.3 is 0 Å². The number of benzene rings is 1. The summed E-state index contributed by atoms with van der Waals surface area (Å²) >= 11 is 19.0. The smallest absolute Gasteiger partial charge is 0.274 e. The highest BCUT2D eigenvalue weighted by atomic mass is 35.5. The van der Waals surface area contributed by atoms with E-state index >= 15 is 0 Å². The van der Waals surface area contributed by atoms with E-state index in [0.29, 0.717) is 26.8 Å². The molecule has 106 valence electrons. The van der Waals surface area contributed by atoms with Crippen molar-refractivity contribution in [2.24, 2.45) is 0 Å². The summed E-state index contributed by atoms with van der Waals surface area (Å²) in [5.41, 5.74) is 1.44. The van der Waals surface area contributed by atoms with E-state index in [1.54, 1.807) is 6.07 Å². The minimum Gasteiger partial charge on any atom is -0.317 e. The van der Waals surface area contributed by atoms with Crippen molar-refractivity contribution in [1.82, 2.24) is 13.7 Å². The van der Waals surface area contributed by atoms with E-state index in [9.17, 15) is 4.79 Å². The number of halogens is 3. The molecule has 3 rings (SSSR count). The summed E-state index contributed by atoms with van der Waals surface area (Å²) in [4.78, 5) is 16.2. The molecule has 0 spiro atoms. The number of hydrogen-bond donors (Lipinski definition) is 1. The molecule has 0 aliphatic rings. The van der Waals surface area contributed by atoms with E-state index in [0.717, 1.165) is 11.7 Å². The Hall–Kier alpha value is -1.47. The van der Waals surface area contributed by atoms with E-state index in [1.165, 1.54) is 18.3 Å². The molecule has 0 saturated carbocycles. The van der Waals surface area contributed by atoms with Gasteiger partial charge in [0.25, 0.3) is 5.91 Å². The topological polar surface area (TPSA) is 67.8 Å². The van der Waals surface area contributed by atoms with Crippen LogP contribution in [0.2, 0.25) is 15.1 Å². The number of hydrogen-bond acceptors (Lipinski definition) is 5. The molecular weight excluding hydrogens is 355 g/mol. The van der Waals surface area contributed by atoms with Gasteiger partial charge in [-0.05, 0) is 18.2 Å². The molecule has 0 atom stereocenters. The van der Waals surface area contributed by atoms with Crippen LogP contribution in [0.1, 0.15) is 10.5 Å². The number of carbonyl (C=O) groups is 1. The number of amides is 1. The van der Waals surface area contributed by atoms with Crippen molar-refractivity contribution in [3.63, 3.8) is 0 Å². The van der Waals surface area contributed by atoms with Crippen molar-refractivity contribution in [3.05, 3.63) is 45.2 Å². The Bertz CT molecular complexity index is 852. The Morgan fingerprint density at radius 3 is 2.62 bits per heavy atom. The SMILES string of the molecule is O=C(Nc1c(Cl)cc(Cl)c2nsnc12)c1cc(Cl)ccn1. The zero-order chi connectivity index (χ0) is 15.0. The number of nitrogens with zero attached hydrogens (tertiary/aromatic N) is 3. The molecule has 1 aromatic carbocycles. The normalized spacial score (nSPS) is 10.8. The number of nitrogens with one attached hydrogen (secondary N) is 1. The van der Waals surface area contributed by atoms with Crippen LogP contribution in [0, 0.1) is 0 Å². The maximum Gasteiger partial charge on any atom is 0.274 e. The fourth-order valence-corrected chi connectivity index (χ4v) is 3.02. The monoisotopic (exact) mass is 358 g/mol. The maximum absolute atomic E-state index is 12.2. The van der Waals surface area contributed by atoms with Gasteiger partial charge in [0.05, 0.1) is 27.5 Å². The third kappa shape index (κ3) is 2.80. The first-order valence-corrected chi connectivity index (χ1v) is 7.46. The van der Waals surface area contributed by atoms with Gasteiger partial charge in [-0.3, -0.25) is 9.78 Å². The van der Waals surface area contributed by atoms with Gasteiger partial charge in [-0.1, -0.05) is 34.8 Å². The van der Waals surface area contributed by atoms with Gasteiger partial charge in [0.15, 0.2) is 0 Å². The zero-order valence-electron chi connectivity index (χ0n) is 10.1. The van der Waals surface area contributed by atoms with Crippen LogP contribution in [-0.2, 0) is 0 Å². The van der Waals surface area contributed by atoms with Crippen molar-refractivity contribution in [2.75, 3.05) is 5.32 Å². The lowest BCUT2D eigenvalue weighted by Crippen LogP contribution is -2.14. The lowest BCUT2D eigenvalue weighted by Gasteiger charge is -2.08. The highest BCUT2D eigenvalue weighted by Gasteiger charge is 2.17. The first kappa shape index (κ1) is 14.5. The first-order chi connectivity index (χ1) is 10.1. The number of anilines is 1. The summed E-state index contributed by atoms with van der Waals surface area (Å²) in [5, 5.41) is 3.73. The summed E-state index contributed by atoms with van der Waals surface area (Å²) in [6.45, 7) is 0. The Labute approximate surface area is 138 Å². The molecule has 1 amide bonds. The van der Waals surface area contributed by atoms with Gasteiger partial charge < -0.3 is 5.32 Å². The van der Waals surface area contributed by atoms with Crippen molar-refractivity contribution >= 4 is 69.2 Å². The van der Waals surface area contributed by atoms with Crippen LogP contribution in [0.25, 0.3) is 11.0 Å². The molecule has 3 aromatic rings. The molecule has 2 heterocycles. The van der Waals surface area contributed by atoms with Gasteiger partial charge in [-0.15, -0.1) is 0 Å². The Balaban J connectivity index is 2.02. The Kier molecular flexibility index (Phi) is 3.95. The average molecular weight is 360 g/mol. The second kappa shape index (κ2) is 5.73. The third-order valence-electron chi connectivity index (χ3n) is 2.64. The quantitative estimate of drug-likeness (QED) is 0.741. The molecule has 2 aromatic heterocycles. The van der Waals surface area contributed by atoms with E-state index in [2.05, 4.69) is 19.0 Å². The van der Waals surface area contributed by atoms with Crippen LogP contribution >= 0.6 is 46.5 Å². The largest absolute Gasteiger partial charge is 0.317 e. The average Bonchev–Trinajstić information content (AvgIpc) is 2.93. The summed E-state index contributed by atoms with van der Waals surface area (Å²) in [7, 11) is 0. The van der Waals surface area contributed by atoms with Gasteiger partial charge in [0.2, 0.25) is 0 Å². The van der Waals surface area contributed by atoms with Crippen LogP contribution in [0.5, 0.6) is 0 Å². The van der Waals surface area contributed by atoms with Crippen LogP contribution in [0.3, 0.4) is 0 Å². The molecule has 1 N–H and O–H groups in total. The van der Waals surface area contributed by atoms with Crippen LogP contribution in [0.4, 0.5) is 5.69 Å². The molecule has 0 saturated heterocycles. The minimum atomic E-state index is -0.448. The predicted molar refractivity (Wildman–Crippen MR) is 84.6 cm³/mol. The van der Waals surface area contributed by atoms with Gasteiger partial charge in [-0.2, -0.15) is 8.75 Å². The number of aromatic nitrogens is 3. The molecule has 0 bridgehead atoms. The van der Waals surface area contributed by atoms with E-state index < -0.39 is 5.91 Å². The fourth-order valence-electron chi connectivity index (χ4n) is 1.70. The molecule has 0 radical (unpaired) electrons. The number of carbonyl (C=O) groups excluding carboxylic acids is 1. The maximum atomic E-state index is 12.2. The van der Waals surface area contributed by atoms with Crippen molar-refractivity contribution in [3.8, 4) is 0 Å². The lowest BCUT2D eigenvalue weighted by molar-refractivity contribution is 0.102. The molecule has 0 aliphatic carbocycles. The molecular formula is C12H5Cl3N4OS. The number of fused-ring (bicyclic) bond motifs is 1. The second-order valence-corrected chi connectivity index (χ2v) is 5.77. The first-order valence-electron chi connectivity index (χ1n) is 5.59. The fraction of sp³-hybridized carbons (Fsp3) is 0. The number of pyridine rings is 1. The highest BCUT2D eigenvalue weighted by Crippen LogP contribution is 2.35. The third-order valence-corrected chi connectivity index (χ3v) is 3.99. The van der Waals surface area contributed by atoms with E-state index in [-0.39, 0.29) is 10.7 Å². The summed E-state index contributed by atoms with van der Waals surface area (Å²) in [5.74, 6) is -0.448. The van der Waals surface area contributed by atoms with Gasteiger partial charge in [0, 0.05) is 11.2 Å². The second-order valence-electron chi connectivity index (χ2n) is 3.99. The zero-order valence-corrected chi connectivity index (χ0v) is 13.2. The summed E-state index contributed by atoms with van der Waals surface area (Å²) in [6.07, 6.45) is 1.45. The summed E-state index contributed by atoms with van der Waals surface area (Å²) < 4.78 is 8.17. The molecule has 5 nitrogen and oxygen atoms in total. The highest BCUT2D eigenvalue weighted by molar-refractivity contribution is 7.00. The molecule has 21 heavy (non-hydrogen) atoms. The molecule has 0 aliphatic heterocycles. The van der Waals surface area contributed by atoms with Crippen molar-refractivity contribution < 1.29 is 4.79 Å². The molecule has 9 heteroatoms. The minimum absolute atomic E-state index is 0.171. The molecule has 0 fully saturated rings. The van der Waals surface area contributed by atoms with Gasteiger partial charge in [0.1, 0.15) is 16.7 Å². The summed E-state index contributed by atoms with van der Waals surface area (Å²) in [6, 6.07) is 4.54. The van der Waals surface area contributed by atoms with Crippen molar-refractivity contribution in [1.29, 1.82) is 0 Å². The number of rotatable bonds is 2. The Morgan fingerprint density at radius 1 is 1.10 bits per heavy atom. The molecule has 0 unspecified atom stereocenters. The lowest BCUT2D eigenvalue weighted by atomic mass is 10.2. The van der Waals surface area contributed by atoms with Crippen LogP contribution < -0.4 is 5.32 Å². The van der Waals surface area contributed by atoms with Crippen LogP contribution in [-0.4, -0.2) is 19.6 Å². The van der Waals surface area contributed by atoms with Crippen LogP contribution in [0.15, 0.2) is 24.4 Å². The predicted octanol–water partition coefficient (Wildman–Crippen LogP) is 4.30. The van der Waals surface area contributed by atoms with Gasteiger partial charge in [-0.25, -0.2) is 0 Å².